The van der Waals surface area contributed by atoms with Gasteiger partial charge in [0.05, 0.1) is 11.4 Å². The number of rotatable bonds is 6. The van der Waals surface area contributed by atoms with E-state index in [9.17, 15) is 0 Å². The van der Waals surface area contributed by atoms with Crippen molar-refractivity contribution in [2.75, 3.05) is 0 Å². The highest BCUT2D eigenvalue weighted by molar-refractivity contribution is 5.00. The van der Waals surface area contributed by atoms with E-state index in [0.717, 1.165) is 24.4 Å². The summed E-state index contributed by atoms with van der Waals surface area (Å²) in [4.78, 5) is 0. The van der Waals surface area contributed by atoms with Gasteiger partial charge in [-0.25, -0.2) is 0 Å². The van der Waals surface area contributed by atoms with Crippen LogP contribution in [0.15, 0.2) is 29.1 Å². The Hall–Kier alpha value is -1.62. The second-order valence-corrected chi connectivity index (χ2v) is 4.14. The molecule has 1 atom stereocenters. The van der Waals surface area contributed by atoms with Crippen LogP contribution < -0.4 is 5.32 Å². The summed E-state index contributed by atoms with van der Waals surface area (Å²) in [6.45, 7) is 5.78. The number of aromatic nitrogens is 3. The van der Waals surface area contributed by atoms with Gasteiger partial charge in [-0.15, -0.1) is 0 Å². The summed E-state index contributed by atoms with van der Waals surface area (Å²) in [5, 5.41) is 11.6. The Morgan fingerprint density at radius 2 is 2.18 bits per heavy atom. The smallest absolute Gasteiger partial charge is 0.124 e. The highest BCUT2D eigenvalue weighted by atomic mass is 16.5. The zero-order valence-corrected chi connectivity index (χ0v) is 10.3. The molecule has 0 spiro atoms. The molecular weight excluding hydrogens is 216 g/mol. The Labute approximate surface area is 101 Å². The fourth-order valence-corrected chi connectivity index (χ4v) is 1.55. The van der Waals surface area contributed by atoms with E-state index >= 15 is 0 Å². The second-order valence-electron chi connectivity index (χ2n) is 4.14. The van der Waals surface area contributed by atoms with Gasteiger partial charge in [0.1, 0.15) is 6.26 Å². The van der Waals surface area contributed by atoms with Gasteiger partial charge in [0.25, 0.3) is 0 Å². The van der Waals surface area contributed by atoms with E-state index in [0.29, 0.717) is 12.6 Å². The Morgan fingerprint density at radius 1 is 1.35 bits per heavy atom. The molecule has 0 aliphatic rings. The van der Waals surface area contributed by atoms with Crippen molar-refractivity contribution in [1.29, 1.82) is 0 Å². The fraction of sp³-hybridized carbons (Fsp3) is 0.500. The van der Waals surface area contributed by atoms with E-state index in [1.807, 2.05) is 23.0 Å². The summed E-state index contributed by atoms with van der Waals surface area (Å²) in [5.74, 6) is 0. The molecule has 5 nitrogen and oxygen atoms in total. The van der Waals surface area contributed by atoms with E-state index < -0.39 is 0 Å². The molecule has 2 heterocycles. The summed E-state index contributed by atoms with van der Waals surface area (Å²) < 4.78 is 6.76. The van der Waals surface area contributed by atoms with Gasteiger partial charge in [0, 0.05) is 31.4 Å². The number of hydrogen-bond acceptors (Lipinski definition) is 4. The summed E-state index contributed by atoms with van der Waals surface area (Å²) in [6.07, 6.45) is 4.70. The van der Waals surface area contributed by atoms with Crippen LogP contribution in [0, 0.1) is 0 Å². The van der Waals surface area contributed by atoms with E-state index in [1.54, 1.807) is 6.26 Å². The van der Waals surface area contributed by atoms with Crippen molar-refractivity contribution in [3.05, 3.63) is 36.0 Å². The summed E-state index contributed by atoms with van der Waals surface area (Å²) in [5.41, 5.74) is 1.96. The van der Waals surface area contributed by atoms with Gasteiger partial charge in [-0.3, -0.25) is 4.68 Å². The SMILES string of the molecule is CCC(C)n1ccc(CNCc2ccon2)n1. The molecule has 1 N–H and O–H groups in total. The average molecular weight is 234 g/mol. The van der Waals surface area contributed by atoms with Crippen molar-refractivity contribution < 1.29 is 4.52 Å². The highest BCUT2D eigenvalue weighted by Crippen LogP contribution is 2.09. The zero-order valence-electron chi connectivity index (χ0n) is 10.3. The molecule has 5 heteroatoms. The molecule has 0 aliphatic heterocycles. The summed E-state index contributed by atoms with van der Waals surface area (Å²) >= 11 is 0. The number of hydrogen-bond donors (Lipinski definition) is 1. The van der Waals surface area contributed by atoms with Gasteiger partial charge < -0.3 is 9.84 Å². The van der Waals surface area contributed by atoms with Crippen LogP contribution in [0.3, 0.4) is 0 Å². The van der Waals surface area contributed by atoms with E-state index in [4.69, 9.17) is 4.52 Å². The Kier molecular flexibility index (Phi) is 3.93. The third-order valence-corrected chi connectivity index (χ3v) is 2.81. The van der Waals surface area contributed by atoms with Crippen molar-refractivity contribution in [2.24, 2.45) is 0 Å². The molecule has 17 heavy (non-hydrogen) atoms. The lowest BCUT2D eigenvalue weighted by atomic mass is 10.3. The minimum absolute atomic E-state index is 0.458. The van der Waals surface area contributed by atoms with Gasteiger partial charge in [-0.05, 0) is 19.4 Å². The predicted molar refractivity (Wildman–Crippen MR) is 64.3 cm³/mol. The lowest BCUT2D eigenvalue weighted by Crippen LogP contribution is -2.14. The van der Waals surface area contributed by atoms with Crippen LogP contribution in [0.25, 0.3) is 0 Å². The van der Waals surface area contributed by atoms with Crippen LogP contribution in [0.4, 0.5) is 0 Å². The van der Waals surface area contributed by atoms with Gasteiger partial charge in [-0.1, -0.05) is 12.1 Å². The molecule has 0 bridgehead atoms. The first kappa shape index (κ1) is 11.9. The fourth-order valence-electron chi connectivity index (χ4n) is 1.55. The molecule has 0 saturated carbocycles. The standard InChI is InChI=1S/C12H18N4O/c1-3-10(2)16-6-4-11(14-16)8-13-9-12-5-7-17-15-12/h4-7,10,13H,3,8-9H2,1-2H3. The summed E-state index contributed by atoms with van der Waals surface area (Å²) in [6, 6.07) is 4.35. The van der Waals surface area contributed by atoms with Crippen molar-refractivity contribution in [3.8, 4) is 0 Å². The first-order chi connectivity index (χ1) is 8.29. The van der Waals surface area contributed by atoms with Crippen LogP contribution in [0.5, 0.6) is 0 Å². The van der Waals surface area contributed by atoms with Crippen LogP contribution in [-0.2, 0) is 13.1 Å². The summed E-state index contributed by atoms with van der Waals surface area (Å²) in [7, 11) is 0. The van der Waals surface area contributed by atoms with E-state index in [2.05, 4.69) is 29.4 Å². The molecule has 0 aromatic carbocycles. The molecule has 0 fully saturated rings. The third kappa shape index (κ3) is 3.17. The minimum Gasteiger partial charge on any atom is -0.364 e. The van der Waals surface area contributed by atoms with Gasteiger partial charge in [0.2, 0.25) is 0 Å². The van der Waals surface area contributed by atoms with Crippen LogP contribution in [0.2, 0.25) is 0 Å². The molecular formula is C12H18N4O. The predicted octanol–water partition coefficient (Wildman–Crippen LogP) is 2.13. The number of nitrogens with one attached hydrogen (secondary N) is 1. The maximum Gasteiger partial charge on any atom is 0.124 e. The first-order valence-corrected chi connectivity index (χ1v) is 5.93. The van der Waals surface area contributed by atoms with Crippen molar-refractivity contribution in [1.82, 2.24) is 20.3 Å². The Morgan fingerprint density at radius 3 is 2.88 bits per heavy atom. The lowest BCUT2D eigenvalue weighted by Gasteiger charge is -2.08. The third-order valence-electron chi connectivity index (χ3n) is 2.81. The molecule has 2 rings (SSSR count). The Bertz CT molecular complexity index is 435. The van der Waals surface area contributed by atoms with Gasteiger partial charge >= 0.3 is 0 Å². The Balaban J connectivity index is 1.81. The second kappa shape index (κ2) is 5.63. The molecule has 1 unspecified atom stereocenters. The number of nitrogens with zero attached hydrogens (tertiary/aromatic N) is 3. The maximum absolute atomic E-state index is 4.76. The highest BCUT2D eigenvalue weighted by Gasteiger charge is 2.04. The van der Waals surface area contributed by atoms with Crippen molar-refractivity contribution in [2.45, 2.75) is 39.4 Å². The topological polar surface area (TPSA) is 55.9 Å². The van der Waals surface area contributed by atoms with Gasteiger partial charge in [-0.2, -0.15) is 5.10 Å². The van der Waals surface area contributed by atoms with Crippen LogP contribution in [0.1, 0.15) is 37.7 Å². The maximum atomic E-state index is 4.76. The average Bonchev–Trinajstić information content (AvgIpc) is 2.99. The normalized spacial score (nSPS) is 12.8. The van der Waals surface area contributed by atoms with Crippen molar-refractivity contribution in [3.63, 3.8) is 0 Å². The van der Waals surface area contributed by atoms with E-state index in [-0.39, 0.29) is 0 Å². The molecule has 2 aromatic heterocycles. The molecule has 0 radical (unpaired) electrons. The van der Waals surface area contributed by atoms with Crippen molar-refractivity contribution >= 4 is 0 Å². The first-order valence-electron chi connectivity index (χ1n) is 5.93. The molecule has 0 saturated heterocycles. The largest absolute Gasteiger partial charge is 0.364 e. The molecule has 92 valence electrons. The minimum atomic E-state index is 0.458. The van der Waals surface area contributed by atoms with E-state index in [1.165, 1.54) is 0 Å². The van der Waals surface area contributed by atoms with Crippen LogP contribution in [-0.4, -0.2) is 14.9 Å². The molecule has 0 amide bonds. The van der Waals surface area contributed by atoms with Crippen LogP contribution >= 0.6 is 0 Å². The quantitative estimate of drug-likeness (QED) is 0.832. The molecule has 0 aliphatic carbocycles. The van der Waals surface area contributed by atoms with Gasteiger partial charge in [0.15, 0.2) is 0 Å². The lowest BCUT2D eigenvalue weighted by molar-refractivity contribution is 0.408. The monoisotopic (exact) mass is 234 g/mol. The molecule has 2 aromatic rings. The zero-order chi connectivity index (χ0) is 12.1.